The molecule has 7 nitrogen and oxygen atoms in total. The topological polar surface area (TPSA) is 91.8 Å². The van der Waals surface area contributed by atoms with Crippen LogP contribution in [0.2, 0.25) is 0 Å². The highest BCUT2D eigenvalue weighted by molar-refractivity contribution is 6.04. The third-order valence-corrected chi connectivity index (χ3v) is 4.72. The summed E-state index contributed by atoms with van der Waals surface area (Å²) in [7, 11) is 1.58. The second-order valence-corrected chi connectivity index (χ2v) is 6.68. The minimum atomic E-state index is -0.481. The molecular formula is C23H17NO6. The van der Waals surface area contributed by atoms with Crippen molar-refractivity contribution < 1.29 is 23.6 Å². The van der Waals surface area contributed by atoms with Gasteiger partial charge in [0.25, 0.3) is 5.69 Å². The second-order valence-electron chi connectivity index (χ2n) is 6.68. The van der Waals surface area contributed by atoms with Crippen molar-refractivity contribution in [1.29, 1.82) is 0 Å². The number of hydrogen-bond acceptors (Lipinski definition) is 6. The lowest BCUT2D eigenvalue weighted by atomic mass is 10.1. The van der Waals surface area contributed by atoms with E-state index in [1.165, 1.54) is 12.1 Å². The molecule has 1 aromatic heterocycles. The number of benzene rings is 2. The summed E-state index contributed by atoms with van der Waals surface area (Å²) in [5, 5.41) is 11.1. The standard InChI is InChI=1S/C23H17NO6/c1-14-3-6-17(24(26)27)13-20(14)21-10-9-19(29-21)11-16-12-22(30-23(16)25)15-4-7-18(28-2)8-5-15/h3-13H,1-2H3/b16-11+. The van der Waals surface area contributed by atoms with Crippen LogP contribution >= 0.6 is 0 Å². The van der Waals surface area contributed by atoms with E-state index < -0.39 is 10.9 Å². The van der Waals surface area contributed by atoms with Crippen molar-refractivity contribution >= 4 is 23.5 Å². The first-order valence-corrected chi connectivity index (χ1v) is 9.10. The first kappa shape index (κ1) is 19.2. The molecule has 150 valence electrons. The molecule has 4 rings (SSSR count). The first-order valence-electron chi connectivity index (χ1n) is 9.10. The second kappa shape index (κ2) is 7.71. The molecule has 3 aromatic rings. The fourth-order valence-electron chi connectivity index (χ4n) is 3.10. The number of non-ortho nitro benzene ring substituents is 1. The predicted molar refractivity (Wildman–Crippen MR) is 111 cm³/mol. The molecule has 0 spiro atoms. The summed E-state index contributed by atoms with van der Waals surface area (Å²) in [6.07, 6.45) is 3.22. The van der Waals surface area contributed by atoms with E-state index in [9.17, 15) is 14.9 Å². The molecule has 0 saturated carbocycles. The SMILES string of the molecule is COc1ccc(C2=C/C(=C\c3ccc(-c4cc([N+](=O)[O-])ccc4C)o3)C(=O)O2)cc1. The van der Waals surface area contributed by atoms with E-state index >= 15 is 0 Å². The number of nitro groups is 1. The van der Waals surface area contributed by atoms with Gasteiger partial charge in [-0.3, -0.25) is 10.1 Å². The van der Waals surface area contributed by atoms with Crippen molar-refractivity contribution in [2.45, 2.75) is 6.92 Å². The van der Waals surface area contributed by atoms with Crippen molar-refractivity contribution in [3.05, 3.63) is 93.2 Å². The van der Waals surface area contributed by atoms with Gasteiger partial charge in [0, 0.05) is 23.3 Å². The van der Waals surface area contributed by atoms with Crippen molar-refractivity contribution in [1.82, 2.24) is 0 Å². The summed E-state index contributed by atoms with van der Waals surface area (Å²) in [6, 6.07) is 15.2. The first-order chi connectivity index (χ1) is 14.4. The van der Waals surface area contributed by atoms with E-state index in [1.807, 2.05) is 6.92 Å². The van der Waals surface area contributed by atoms with Crippen LogP contribution in [0.5, 0.6) is 5.75 Å². The van der Waals surface area contributed by atoms with Gasteiger partial charge < -0.3 is 13.9 Å². The molecule has 0 atom stereocenters. The number of aryl methyl sites for hydroxylation is 1. The Balaban J connectivity index is 1.62. The average molecular weight is 403 g/mol. The number of rotatable bonds is 5. The number of hydrogen-bond donors (Lipinski definition) is 0. The van der Waals surface area contributed by atoms with Gasteiger partial charge in [-0.05, 0) is 61.0 Å². The lowest BCUT2D eigenvalue weighted by Gasteiger charge is -2.03. The number of cyclic esters (lactones) is 1. The Morgan fingerprint density at radius 1 is 1.07 bits per heavy atom. The van der Waals surface area contributed by atoms with Gasteiger partial charge in [-0.15, -0.1) is 0 Å². The molecular weight excluding hydrogens is 386 g/mol. The molecule has 0 radical (unpaired) electrons. The zero-order chi connectivity index (χ0) is 21.3. The van der Waals surface area contributed by atoms with Crippen molar-refractivity contribution in [2.75, 3.05) is 7.11 Å². The Morgan fingerprint density at radius 3 is 2.53 bits per heavy atom. The molecule has 0 fully saturated rings. The van der Waals surface area contributed by atoms with Crippen molar-refractivity contribution in [3.8, 4) is 17.1 Å². The maximum atomic E-state index is 12.3. The monoisotopic (exact) mass is 403 g/mol. The highest BCUT2D eigenvalue weighted by atomic mass is 16.6. The highest BCUT2D eigenvalue weighted by Crippen LogP contribution is 2.32. The summed E-state index contributed by atoms with van der Waals surface area (Å²) in [5.41, 5.74) is 2.55. The maximum Gasteiger partial charge on any atom is 0.343 e. The third-order valence-electron chi connectivity index (χ3n) is 4.72. The summed E-state index contributed by atoms with van der Waals surface area (Å²) in [4.78, 5) is 22.9. The number of nitrogens with zero attached hydrogens (tertiary/aromatic N) is 1. The number of carbonyl (C=O) groups is 1. The normalized spacial score (nSPS) is 14.5. The summed E-state index contributed by atoms with van der Waals surface area (Å²) in [5.74, 6) is 1.59. The molecule has 2 aromatic carbocycles. The maximum absolute atomic E-state index is 12.3. The number of ether oxygens (including phenoxy) is 2. The zero-order valence-electron chi connectivity index (χ0n) is 16.2. The van der Waals surface area contributed by atoms with Crippen LogP contribution in [-0.2, 0) is 9.53 Å². The smallest absolute Gasteiger partial charge is 0.343 e. The van der Waals surface area contributed by atoms with Gasteiger partial charge >= 0.3 is 5.97 Å². The van der Waals surface area contributed by atoms with E-state index in [2.05, 4.69) is 0 Å². The Kier molecular flexibility index (Phi) is 4.93. The molecule has 30 heavy (non-hydrogen) atoms. The summed E-state index contributed by atoms with van der Waals surface area (Å²) < 4.78 is 16.3. The van der Waals surface area contributed by atoms with Crippen LogP contribution in [0.1, 0.15) is 16.9 Å². The van der Waals surface area contributed by atoms with Crippen LogP contribution in [0, 0.1) is 17.0 Å². The lowest BCUT2D eigenvalue weighted by molar-refractivity contribution is -0.384. The molecule has 7 heteroatoms. The fraction of sp³-hybridized carbons (Fsp3) is 0.0870. The molecule has 0 saturated heterocycles. The fourth-order valence-corrected chi connectivity index (χ4v) is 3.10. The molecule has 0 unspecified atom stereocenters. The van der Waals surface area contributed by atoms with Crippen LogP contribution < -0.4 is 4.74 Å². The van der Waals surface area contributed by atoms with Gasteiger partial charge in [0.1, 0.15) is 23.0 Å². The van der Waals surface area contributed by atoms with Gasteiger partial charge in [-0.1, -0.05) is 6.07 Å². The zero-order valence-corrected chi connectivity index (χ0v) is 16.2. The molecule has 0 amide bonds. The Labute approximate surface area is 172 Å². The van der Waals surface area contributed by atoms with Gasteiger partial charge in [0.15, 0.2) is 0 Å². The Morgan fingerprint density at radius 2 is 1.83 bits per heavy atom. The average Bonchev–Trinajstić information content (AvgIpc) is 3.35. The van der Waals surface area contributed by atoms with Gasteiger partial charge in [-0.2, -0.15) is 0 Å². The van der Waals surface area contributed by atoms with Crippen molar-refractivity contribution in [2.24, 2.45) is 0 Å². The number of nitro benzene ring substituents is 1. The molecule has 0 aliphatic carbocycles. The minimum absolute atomic E-state index is 0.0154. The molecule has 0 bridgehead atoms. The van der Waals surface area contributed by atoms with Gasteiger partial charge in [-0.25, -0.2) is 4.79 Å². The van der Waals surface area contributed by atoms with E-state index in [-0.39, 0.29) is 5.69 Å². The number of carbonyl (C=O) groups excluding carboxylic acids is 1. The van der Waals surface area contributed by atoms with E-state index in [4.69, 9.17) is 13.9 Å². The van der Waals surface area contributed by atoms with Gasteiger partial charge in [0.2, 0.25) is 0 Å². The molecule has 2 heterocycles. The van der Waals surface area contributed by atoms with Crippen LogP contribution in [0.25, 0.3) is 23.2 Å². The van der Waals surface area contributed by atoms with Crippen LogP contribution in [0.3, 0.4) is 0 Å². The predicted octanol–water partition coefficient (Wildman–Crippen LogP) is 5.15. The molecule has 0 N–H and O–H groups in total. The Bertz CT molecular complexity index is 1200. The minimum Gasteiger partial charge on any atom is -0.497 e. The molecule has 1 aliphatic heterocycles. The number of methoxy groups -OCH3 is 1. The Hall–Kier alpha value is -4.13. The highest BCUT2D eigenvalue weighted by Gasteiger charge is 2.23. The van der Waals surface area contributed by atoms with Crippen LogP contribution in [0.4, 0.5) is 5.69 Å². The van der Waals surface area contributed by atoms with Crippen molar-refractivity contribution in [3.63, 3.8) is 0 Å². The van der Waals surface area contributed by atoms with Crippen LogP contribution in [-0.4, -0.2) is 18.0 Å². The number of esters is 1. The van der Waals surface area contributed by atoms with E-state index in [0.717, 1.165) is 11.1 Å². The quantitative estimate of drug-likeness (QED) is 0.253. The van der Waals surface area contributed by atoms with Crippen LogP contribution in [0.15, 0.2) is 70.7 Å². The summed E-state index contributed by atoms with van der Waals surface area (Å²) in [6.45, 7) is 1.85. The molecule has 1 aliphatic rings. The largest absolute Gasteiger partial charge is 0.497 e. The lowest BCUT2D eigenvalue weighted by Crippen LogP contribution is -1.97. The number of furan rings is 1. The van der Waals surface area contributed by atoms with Gasteiger partial charge in [0.05, 0.1) is 17.6 Å². The van der Waals surface area contributed by atoms with E-state index in [1.54, 1.807) is 61.7 Å². The third kappa shape index (κ3) is 3.73. The summed E-state index contributed by atoms with van der Waals surface area (Å²) >= 11 is 0. The van der Waals surface area contributed by atoms with E-state index in [0.29, 0.717) is 34.2 Å².